The fourth-order valence-corrected chi connectivity index (χ4v) is 2.32. The van der Waals surface area contributed by atoms with Crippen LogP contribution in [0.4, 0.5) is 0 Å². The molecule has 1 amide bonds. The third-order valence-electron chi connectivity index (χ3n) is 4.07. The lowest BCUT2D eigenvalue weighted by molar-refractivity contribution is -0.124. The van der Waals surface area contributed by atoms with Crippen LogP contribution in [0.2, 0.25) is 0 Å². The van der Waals surface area contributed by atoms with Gasteiger partial charge < -0.3 is 10.1 Å². The van der Waals surface area contributed by atoms with Crippen molar-refractivity contribution >= 4 is 17.7 Å². The first-order valence-corrected chi connectivity index (χ1v) is 6.91. The molecule has 0 spiro atoms. The first-order valence-electron chi connectivity index (χ1n) is 6.91. The summed E-state index contributed by atoms with van der Waals surface area (Å²) < 4.78 is 4.81. The van der Waals surface area contributed by atoms with Gasteiger partial charge in [-0.05, 0) is 31.4 Å². The summed E-state index contributed by atoms with van der Waals surface area (Å²) in [6, 6.07) is 5.33. The second-order valence-electron chi connectivity index (χ2n) is 5.71. The molecule has 0 aliphatic carbocycles. The zero-order chi connectivity index (χ0) is 15.8. The number of benzene rings is 1. The lowest BCUT2D eigenvalue weighted by Crippen LogP contribution is -2.41. The van der Waals surface area contributed by atoms with Gasteiger partial charge in [-0.1, -0.05) is 26.0 Å². The molecule has 1 heterocycles. The van der Waals surface area contributed by atoms with E-state index in [-0.39, 0.29) is 11.8 Å². The molecule has 112 valence electrons. The number of rotatable bonds is 3. The van der Waals surface area contributed by atoms with Crippen molar-refractivity contribution in [3.63, 3.8) is 0 Å². The van der Waals surface area contributed by atoms with Gasteiger partial charge in [0.05, 0.1) is 12.7 Å². The van der Waals surface area contributed by atoms with E-state index in [1.807, 2.05) is 26.8 Å². The molecular weight excluding hydrogens is 268 g/mol. The maximum Gasteiger partial charge on any atom is 0.338 e. The molecule has 0 saturated heterocycles. The summed E-state index contributed by atoms with van der Waals surface area (Å²) in [6.45, 7) is 7.58. The predicted octanol–water partition coefficient (Wildman–Crippen LogP) is 2.07. The average Bonchev–Trinajstić information content (AvgIpc) is 2.74. The average molecular weight is 288 g/mol. The van der Waals surface area contributed by atoms with Crippen LogP contribution in [0.5, 0.6) is 0 Å². The topological polar surface area (TPSA) is 67.8 Å². The molecule has 0 fully saturated rings. The van der Waals surface area contributed by atoms with Gasteiger partial charge in [0.15, 0.2) is 0 Å². The van der Waals surface area contributed by atoms with Crippen molar-refractivity contribution in [3.05, 3.63) is 34.9 Å². The molecule has 1 N–H and O–H groups in total. The van der Waals surface area contributed by atoms with Crippen molar-refractivity contribution in [2.45, 2.75) is 33.2 Å². The molecular formula is C16H20N2O3. The Kier molecular flexibility index (Phi) is 3.85. The molecule has 21 heavy (non-hydrogen) atoms. The molecule has 2 rings (SSSR count). The van der Waals surface area contributed by atoms with E-state index >= 15 is 0 Å². The lowest BCUT2D eigenvalue weighted by atomic mass is 9.89. The summed E-state index contributed by atoms with van der Waals surface area (Å²) in [5.74, 6) is -0.0920. The number of nitrogens with one attached hydrogen (secondary N) is 1. The zero-order valence-electron chi connectivity index (χ0n) is 13.0. The number of carbonyl (C=O) groups is 2. The highest BCUT2D eigenvalue weighted by atomic mass is 16.5. The molecule has 1 unspecified atom stereocenters. The fourth-order valence-electron chi connectivity index (χ4n) is 2.32. The zero-order valence-corrected chi connectivity index (χ0v) is 13.0. The molecule has 1 aliphatic heterocycles. The van der Waals surface area contributed by atoms with Crippen LogP contribution in [0.3, 0.4) is 0 Å². The Balaban J connectivity index is 2.59. The number of amides is 1. The predicted molar refractivity (Wildman–Crippen MR) is 80.4 cm³/mol. The number of methoxy groups -OCH3 is 1. The first-order chi connectivity index (χ1) is 9.81. The quantitative estimate of drug-likeness (QED) is 0.866. The second kappa shape index (κ2) is 5.31. The number of hydrogen-bond donors (Lipinski definition) is 1. The molecule has 1 aliphatic rings. The molecule has 1 aromatic carbocycles. The summed E-state index contributed by atoms with van der Waals surface area (Å²) >= 11 is 0. The van der Waals surface area contributed by atoms with Crippen LogP contribution < -0.4 is 5.32 Å². The van der Waals surface area contributed by atoms with Gasteiger partial charge in [-0.15, -0.1) is 0 Å². The number of amidine groups is 1. The number of aryl methyl sites for hydroxylation is 1. The minimum atomic E-state index is -0.814. The number of esters is 1. The van der Waals surface area contributed by atoms with E-state index in [4.69, 9.17) is 4.74 Å². The maximum atomic E-state index is 12.2. The number of carbonyl (C=O) groups excluding carboxylic acids is 2. The molecule has 0 radical (unpaired) electrons. The van der Waals surface area contributed by atoms with E-state index in [2.05, 4.69) is 10.3 Å². The number of nitrogens with zero attached hydrogens (tertiary/aromatic N) is 1. The largest absolute Gasteiger partial charge is 0.465 e. The molecule has 1 atom stereocenters. The summed E-state index contributed by atoms with van der Waals surface area (Å²) in [5.41, 5.74) is 1.09. The van der Waals surface area contributed by atoms with E-state index < -0.39 is 11.5 Å². The van der Waals surface area contributed by atoms with Crippen molar-refractivity contribution in [1.82, 2.24) is 5.32 Å². The SMILES string of the molecule is COC(=O)c1cccc(C)c1C1=NC(C)(C(C)C)C(=O)N1. The normalized spacial score (nSPS) is 21.2. The Labute approximate surface area is 124 Å². The van der Waals surface area contributed by atoms with Gasteiger partial charge in [0, 0.05) is 5.56 Å². The van der Waals surface area contributed by atoms with Crippen LogP contribution in [-0.4, -0.2) is 30.4 Å². The standard InChI is InChI=1S/C16H20N2O3/c1-9(2)16(4)15(20)17-13(18-16)12-10(3)7-6-8-11(12)14(19)21-5/h6-9H,1-5H3,(H,17,18,20). The van der Waals surface area contributed by atoms with Crippen molar-refractivity contribution in [3.8, 4) is 0 Å². The van der Waals surface area contributed by atoms with Gasteiger partial charge in [-0.2, -0.15) is 0 Å². The van der Waals surface area contributed by atoms with Crippen LogP contribution >= 0.6 is 0 Å². The Hall–Kier alpha value is -2.17. The lowest BCUT2D eigenvalue weighted by Gasteiger charge is -2.21. The third kappa shape index (κ3) is 2.44. The van der Waals surface area contributed by atoms with E-state index in [0.29, 0.717) is 17.0 Å². The second-order valence-corrected chi connectivity index (χ2v) is 5.71. The highest BCUT2D eigenvalue weighted by molar-refractivity contribution is 6.19. The van der Waals surface area contributed by atoms with Gasteiger partial charge in [-0.25, -0.2) is 4.79 Å². The summed E-state index contributed by atoms with van der Waals surface area (Å²) in [5, 5.41) is 2.81. The van der Waals surface area contributed by atoms with E-state index in [1.165, 1.54) is 7.11 Å². The summed E-state index contributed by atoms with van der Waals surface area (Å²) in [7, 11) is 1.34. The summed E-state index contributed by atoms with van der Waals surface area (Å²) in [4.78, 5) is 28.7. The molecule has 1 aromatic rings. The van der Waals surface area contributed by atoms with E-state index in [1.54, 1.807) is 19.1 Å². The Morgan fingerprint density at radius 3 is 2.57 bits per heavy atom. The van der Waals surface area contributed by atoms with Crippen LogP contribution in [0.15, 0.2) is 23.2 Å². The van der Waals surface area contributed by atoms with Gasteiger partial charge >= 0.3 is 5.97 Å². The molecule has 0 aromatic heterocycles. The van der Waals surface area contributed by atoms with E-state index in [9.17, 15) is 9.59 Å². The first kappa shape index (κ1) is 15.2. The van der Waals surface area contributed by atoms with Gasteiger partial charge in [0.1, 0.15) is 11.4 Å². The van der Waals surface area contributed by atoms with E-state index in [0.717, 1.165) is 5.56 Å². The Morgan fingerprint density at radius 1 is 1.38 bits per heavy atom. The van der Waals surface area contributed by atoms with Gasteiger partial charge in [0.2, 0.25) is 0 Å². The number of ether oxygens (including phenoxy) is 1. The van der Waals surface area contributed by atoms with Crippen LogP contribution in [0, 0.1) is 12.8 Å². The van der Waals surface area contributed by atoms with Gasteiger partial charge in [0.25, 0.3) is 5.91 Å². The van der Waals surface area contributed by atoms with Crippen molar-refractivity contribution in [2.75, 3.05) is 7.11 Å². The minimum absolute atomic E-state index is 0.0561. The Morgan fingerprint density at radius 2 is 2.05 bits per heavy atom. The van der Waals surface area contributed by atoms with Crippen molar-refractivity contribution < 1.29 is 14.3 Å². The highest BCUT2D eigenvalue weighted by Crippen LogP contribution is 2.28. The Bertz CT molecular complexity index is 634. The van der Waals surface area contributed by atoms with Crippen molar-refractivity contribution in [2.24, 2.45) is 10.9 Å². The van der Waals surface area contributed by atoms with Crippen molar-refractivity contribution in [1.29, 1.82) is 0 Å². The van der Waals surface area contributed by atoms with Crippen LogP contribution in [0.25, 0.3) is 0 Å². The molecule has 5 nitrogen and oxygen atoms in total. The minimum Gasteiger partial charge on any atom is -0.465 e. The van der Waals surface area contributed by atoms with Crippen LogP contribution in [-0.2, 0) is 9.53 Å². The maximum absolute atomic E-state index is 12.2. The number of hydrogen-bond acceptors (Lipinski definition) is 4. The third-order valence-corrected chi connectivity index (χ3v) is 4.07. The molecule has 0 saturated carbocycles. The molecule has 5 heteroatoms. The van der Waals surface area contributed by atoms with Gasteiger partial charge in [-0.3, -0.25) is 9.79 Å². The van der Waals surface area contributed by atoms with Crippen LogP contribution in [0.1, 0.15) is 42.3 Å². The fraction of sp³-hybridized carbons (Fsp3) is 0.438. The highest BCUT2D eigenvalue weighted by Gasteiger charge is 2.42. The number of aliphatic imine (C=N–C) groups is 1. The smallest absolute Gasteiger partial charge is 0.338 e. The monoisotopic (exact) mass is 288 g/mol. The molecule has 0 bridgehead atoms. The summed E-state index contributed by atoms with van der Waals surface area (Å²) in [6.07, 6.45) is 0.